The molecule has 4 heteroatoms. The Morgan fingerprint density at radius 3 is 2.40 bits per heavy atom. The fourth-order valence-corrected chi connectivity index (χ4v) is 2.06. The molecule has 0 bridgehead atoms. The van der Waals surface area contributed by atoms with Crippen molar-refractivity contribution in [2.45, 2.75) is 0 Å². The number of hydrogen-bond donors (Lipinski definition) is 1. The van der Waals surface area contributed by atoms with Crippen molar-refractivity contribution in [2.75, 3.05) is 12.8 Å². The zero-order chi connectivity index (χ0) is 13.9. The van der Waals surface area contributed by atoms with E-state index in [9.17, 15) is 0 Å². The van der Waals surface area contributed by atoms with E-state index in [0.29, 0.717) is 11.8 Å². The van der Waals surface area contributed by atoms with Crippen LogP contribution in [0.2, 0.25) is 0 Å². The van der Waals surface area contributed by atoms with Gasteiger partial charge in [-0.15, -0.1) is 0 Å². The highest BCUT2D eigenvalue weighted by Gasteiger charge is 2.07. The van der Waals surface area contributed by atoms with E-state index in [2.05, 4.69) is 4.98 Å². The van der Waals surface area contributed by atoms with Gasteiger partial charge in [-0.3, -0.25) is 0 Å². The van der Waals surface area contributed by atoms with Crippen molar-refractivity contribution in [1.82, 2.24) is 4.98 Å². The van der Waals surface area contributed by atoms with Gasteiger partial charge in [0.05, 0.1) is 7.11 Å². The molecule has 0 atom stereocenters. The minimum atomic E-state index is 0.485. The Balaban J connectivity index is 2.04. The molecule has 1 aromatic heterocycles. The summed E-state index contributed by atoms with van der Waals surface area (Å²) in [6.45, 7) is 0. The van der Waals surface area contributed by atoms with E-state index in [0.717, 1.165) is 22.2 Å². The van der Waals surface area contributed by atoms with Gasteiger partial charge in [-0.05, 0) is 12.1 Å². The minimum Gasteiger partial charge on any atom is -0.481 e. The number of anilines is 1. The maximum atomic E-state index is 5.97. The third-order valence-corrected chi connectivity index (χ3v) is 3.04. The van der Waals surface area contributed by atoms with E-state index in [-0.39, 0.29) is 0 Å². The summed E-state index contributed by atoms with van der Waals surface area (Å²) in [6.07, 6.45) is 0. The van der Waals surface area contributed by atoms with Gasteiger partial charge in [-0.1, -0.05) is 30.3 Å². The van der Waals surface area contributed by atoms with Gasteiger partial charge >= 0.3 is 0 Å². The van der Waals surface area contributed by atoms with Crippen LogP contribution in [0.4, 0.5) is 5.69 Å². The lowest BCUT2D eigenvalue weighted by molar-refractivity contribution is 0.384. The van der Waals surface area contributed by atoms with Gasteiger partial charge in [-0.25, -0.2) is 0 Å². The molecule has 20 heavy (non-hydrogen) atoms. The van der Waals surface area contributed by atoms with Crippen LogP contribution in [0.3, 0.4) is 0 Å². The molecule has 3 aromatic rings. The maximum absolute atomic E-state index is 5.97. The predicted octanol–water partition coefficient (Wildman–Crippen LogP) is 3.62. The highest BCUT2D eigenvalue weighted by atomic mass is 16.5. The Morgan fingerprint density at radius 2 is 1.60 bits per heavy atom. The molecule has 0 amide bonds. The van der Waals surface area contributed by atoms with Gasteiger partial charge in [0.1, 0.15) is 5.75 Å². The van der Waals surface area contributed by atoms with Crippen molar-refractivity contribution in [2.24, 2.45) is 0 Å². The molecule has 0 fully saturated rings. The first-order chi connectivity index (χ1) is 9.78. The summed E-state index contributed by atoms with van der Waals surface area (Å²) in [5, 5.41) is 1.92. The average Bonchev–Trinajstić information content (AvgIpc) is 2.51. The molecule has 0 unspecified atom stereocenters. The highest BCUT2D eigenvalue weighted by Crippen LogP contribution is 2.32. The number of rotatable bonds is 3. The Morgan fingerprint density at radius 1 is 0.850 bits per heavy atom. The van der Waals surface area contributed by atoms with Crippen molar-refractivity contribution >= 4 is 16.5 Å². The molecule has 2 N–H and O–H groups in total. The number of nitrogens with two attached hydrogens (primary N) is 1. The summed E-state index contributed by atoms with van der Waals surface area (Å²) in [4.78, 5) is 4.24. The first kappa shape index (κ1) is 12.3. The smallest absolute Gasteiger partial charge is 0.222 e. The second kappa shape index (κ2) is 5.09. The topological polar surface area (TPSA) is 57.4 Å². The van der Waals surface area contributed by atoms with Crippen molar-refractivity contribution in [3.8, 4) is 17.5 Å². The summed E-state index contributed by atoms with van der Waals surface area (Å²) in [6, 6.07) is 16.9. The molecule has 2 aromatic carbocycles. The standard InChI is InChI=1S/C16H14N2O2/c1-19-15-7-4-8-16(18-15)20-14-10-9-13(17)11-5-2-3-6-12(11)14/h2-10H,17H2,1H3. The van der Waals surface area contributed by atoms with Crippen LogP contribution in [0.25, 0.3) is 10.8 Å². The lowest BCUT2D eigenvalue weighted by Gasteiger charge is -2.10. The van der Waals surface area contributed by atoms with E-state index >= 15 is 0 Å². The molecule has 3 rings (SSSR count). The van der Waals surface area contributed by atoms with Crippen LogP contribution in [-0.4, -0.2) is 12.1 Å². The molecule has 0 aliphatic rings. The number of aromatic nitrogens is 1. The molecule has 0 saturated carbocycles. The Bertz CT molecular complexity index is 756. The Kier molecular flexibility index (Phi) is 3.13. The third-order valence-electron chi connectivity index (χ3n) is 3.04. The van der Waals surface area contributed by atoms with E-state index < -0.39 is 0 Å². The highest BCUT2D eigenvalue weighted by molar-refractivity contribution is 5.97. The lowest BCUT2D eigenvalue weighted by Crippen LogP contribution is -1.93. The number of methoxy groups -OCH3 is 1. The van der Waals surface area contributed by atoms with E-state index in [1.54, 1.807) is 19.2 Å². The first-order valence-electron chi connectivity index (χ1n) is 6.24. The number of hydrogen-bond acceptors (Lipinski definition) is 4. The Hall–Kier alpha value is -2.75. The van der Waals surface area contributed by atoms with Crippen LogP contribution in [-0.2, 0) is 0 Å². The largest absolute Gasteiger partial charge is 0.481 e. The predicted molar refractivity (Wildman–Crippen MR) is 79.2 cm³/mol. The number of nitrogen functional groups attached to an aromatic ring is 1. The minimum absolute atomic E-state index is 0.485. The molecule has 4 nitrogen and oxygen atoms in total. The van der Waals surface area contributed by atoms with Gasteiger partial charge < -0.3 is 15.2 Å². The summed E-state index contributed by atoms with van der Waals surface area (Å²) >= 11 is 0. The summed E-state index contributed by atoms with van der Waals surface area (Å²) in [5.41, 5.74) is 6.70. The maximum Gasteiger partial charge on any atom is 0.222 e. The van der Waals surface area contributed by atoms with Crippen LogP contribution < -0.4 is 15.2 Å². The van der Waals surface area contributed by atoms with E-state index in [1.807, 2.05) is 42.5 Å². The number of ether oxygens (including phenoxy) is 2. The molecule has 0 aliphatic heterocycles. The van der Waals surface area contributed by atoms with Gasteiger partial charge in [-0.2, -0.15) is 4.98 Å². The van der Waals surface area contributed by atoms with Gasteiger partial charge in [0.25, 0.3) is 0 Å². The average molecular weight is 266 g/mol. The molecule has 0 aliphatic carbocycles. The zero-order valence-corrected chi connectivity index (χ0v) is 11.0. The van der Waals surface area contributed by atoms with Crippen LogP contribution in [0.15, 0.2) is 54.6 Å². The van der Waals surface area contributed by atoms with Gasteiger partial charge in [0.2, 0.25) is 11.8 Å². The van der Waals surface area contributed by atoms with Crippen LogP contribution in [0.1, 0.15) is 0 Å². The van der Waals surface area contributed by atoms with Gasteiger partial charge in [0.15, 0.2) is 0 Å². The number of nitrogens with zero attached hydrogens (tertiary/aromatic N) is 1. The van der Waals surface area contributed by atoms with Crippen molar-refractivity contribution < 1.29 is 9.47 Å². The summed E-state index contributed by atoms with van der Waals surface area (Å²) in [7, 11) is 1.57. The molecular formula is C16H14N2O2. The van der Waals surface area contributed by atoms with Crippen LogP contribution >= 0.6 is 0 Å². The SMILES string of the molecule is COc1cccc(Oc2ccc(N)c3ccccc23)n1. The molecule has 0 spiro atoms. The molecule has 1 heterocycles. The molecule has 0 saturated heterocycles. The van der Waals surface area contributed by atoms with E-state index in [1.165, 1.54) is 0 Å². The second-order valence-corrected chi connectivity index (χ2v) is 4.32. The summed E-state index contributed by atoms with van der Waals surface area (Å²) in [5.74, 6) is 1.72. The fourth-order valence-electron chi connectivity index (χ4n) is 2.06. The zero-order valence-electron chi connectivity index (χ0n) is 11.0. The van der Waals surface area contributed by atoms with E-state index in [4.69, 9.17) is 15.2 Å². The lowest BCUT2D eigenvalue weighted by atomic mass is 10.1. The van der Waals surface area contributed by atoms with Crippen LogP contribution in [0, 0.1) is 0 Å². The first-order valence-corrected chi connectivity index (χ1v) is 6.24. The number of pyridine rings is 1. The fraction of sp³-hybridized carbons (Fsp3) is 0.0625. The number of benzene rings is 2. The van der Waals surface area contributed by atoms with Crippen molar-refractivity contribution in [1.29, 1.82) is 0 Å². The quantitative estimate of drug-likeness (QED) is 0.736. The molecule has 0 radical (unpaired) electrons. The molecule has 100 valence electrons. The number of fused-ring (bicyclic) bond motifs is 1. The van der Waals surface area contributed by atoms with Gasteiger partial charge in [0, 0.05) is 28.6 Å². The monoisotopic (exact) mass is 266 g/mol. The van der Waals surface area contributed by atoms with Crippen molar-refractivity contribution in [3.63, 3.8) is 0 Å². The normalized spacial score (nSPS) is 10.4. The second-order valence-electron chi connectivity index (χ2n) is 4.32. The van der Waals surface area contributed by atoms with Crippen molar-refractivity contribution in [3.05, 3.63) is 54.6 Å². The Labute approximate surface area is 116 Å². The third kappa shape index (κ3) is 2.23. The summed E-state index contributed by atoms with van der Waals surface area (Å²) < 4.78 is 10.9. The molecular weight excluding hydrogens is 252 g/mol. The van der Waals surface area contributed by atoms with Crippen LogP contribution in [0.5, 0.6) is 17.5 Å².